The Morgan fingerprint density at radius 3 is 2.40 bits per heavy atom. The molecule has 0 unspecified atom stereocenters. The van der Waals surface area contributed by atoms with Crippen molar-refractivity contribution >= 4 is 6.29 Å². The normalized spacial score (nSPS) is 11.3. The molecule has 2 nitrogen and oxygen atoms in total. The monoisotopic (exact) mass is 214 g/mol. The molecule has 0 bridgehead atoms. The zero-order valence-corrected chi connectivity index (χ0v) is 8.80. The summed E-state index contributed by atoms with van der Waals surface area (Å²) >= 11 is 0. The Kier molecular flexibility index (Phi) is 3.07. The highest BCUT2D eigenvalue weighted by Gasteiger charge is 2.30. The Morgan fingerprint density at radius 1 is 1.40 bits per heavy atom. The molecular formula is C11H12F2O2. The van der Waals surface area contributed by atoms with Gasteiger partial charge in [-0.3, -0.25) is 4.79 Å². The second-order valence-corrected chi connectivity index (χ2v) is 3.44. The minimum Gasteiger partial charge on any atom is -0.495 e. The summed E-state index contributed by atoms with van der Waals surface area (Å²) in [5, 5.41) is 0. The van der Waals surface area contributed by atoms with E-state index in [2.05, 4.69) is 0 Å². The fourth-order valence-electron chi connectivity index (χ4n) is 1.44. The Bertz CT molecular complexity index is 381. The van der Waals surface area contributed by atoms with Crippen LogP contribution in [0, 0.1) is 6.92 Å². The van der Waals surface area contributed by atoms with Crippen molar-refractivity contribution < 1.29 is 18.3 Å². The molecule has 0 aromatic heterocycles. The molecule has 0 aliphatic carbocycles. The Hall–Kier alpha value is -1.45. The molecule has 1 rings (SSSR count). The van der Waals surface area contributed by atoms with E-state index in [0.717, 1.165) is 6.92 Å². The highest BCUT2D eigenvalue weighted by atomic mass is 19.3. The van der Waals surface area contributed by atoms with E-state index in [4.69, 9.17) is 4.74 Å². The predicted molar refractivity (Wildman–Crippen MR) is 52.7 cm³/mol. The first-order valence-corrected chi connectivity index (χ1v) is 4.42. The van der Waals surface area contributed by atoms with Crippen LogP contribution in [-0.2, 0) is 5.92 Å². The number of benzene rings is 1. The van der Waals surface area contributed by atoms with Crippen molar-refractivity contribution in [3.05, 3.63) is 28.8 Å². The molecule has 0 fully saturated rings. The van der Waals surface area contributed by atoms with Crippen molar-refractivity contribution in [2.24, 2.45) is 0 Å². The van der Waals surface area contributed by atoms with E-state index in [9.17, 15) is 13.6 Å². The smallest absolute Gasteiger partial charge is 0.274 e. The van der Waals surface area contributed by atoms with Crippen molar-refractivity contribution in [3.63, 3.8) is 0 Å². The number of carbonyl (C=O) groups excluding carboxylic acids is 1. The lowest BCUT2D eigenvalue weighted by atomic mass is 10.0. The van der Waals surface area contributed by atoms with Gasteiger partial charge in [-0.25, -0.2) is 8.78 Å². The van der Waals surface area contributed by atoms with Gasteiger partial charge in [0.1, 0.15) is 5.75 Å². The van der Waals surface area contributed by atoms with Crippen molar-refractivity contribution in [2.75, 3.05) is 7.11 Å². The van der Waals surface area contributed by atoms with Gasteiger partial charge in [-0.1, -0.05) is 0 Å². The third-order valence-electron chi connectivity index (χ3n) is 2.07. The van der Waals surface area contributed by atoms with E-state index < -0.39 is 5.92 Å². The highest BCUT2D eigenvalue weighted by molar-refractivity contribution is 5.81. The summed E-state index contributed by atoms with van der Waals surface area (Å²) in [5.74, 6) is -3.07. The van der Waals surface area contributed by atoms with Crippen LogP contribution in [0.5, 0.6) is 5.75 Å². The zero-order valence-electron chi connectivity index (χ0n) is 8.80. The summed E-state index contributed by atoms with van der Waals surface area (Å²) in [6.07, 6.45) is 0.515. The molecule has 0 spiro atoms. The van der Waals surface area contributed by atoms with Gasteiger partial charge in [-0.05, 0) is 24.6 Å². The van der Waals surface area contributed by atoms with E-state index in [1.807, 2.05) is 0 Å². The van der Waals surface area contributed by atoms with Crippen molar-refractivity contribution in [1.82, 2.24) is 0 Å². The van der Waals surface area contributed by atoms with E-state index in [-0.39, 0.29) is 16.9 Å². The van der Waals surface area contributed by atoms with Gasteiger partial charge >= 0.3 is 0 Å². The zero-order chi connectivity index (χ0) is 11.6. The third kappa shape index (κ3) is 2.32. The number of ether oxygens (including phenoxy) is 1. The standard InChI is InChI=1S/C11H12F2O2/c1-7-4-8(6-14)10(15-3)9(5-7)11(2,12)13/h4-6H,1-3H3. The van der Waals surface area contributed by atoms with Crippen LogP contribution in [0.15, 0.2) is 12.1 Å². The number of rotatable bonds is 3. The summed E-state index contributed by atoms with van der Waals surface area (Å²) in [4.78, 5) is 10.7. The average molecular weight is 214 g/mol. The molecule has 0 heterocycles. The molecule has 82 valence electrons. The molecular weight excluding hydrogens is 202 g/mol. The van der Waals surface area contributed by atoms with E-state index >= 15 is 0 Å². The number of methoxy groups -OCH3 is 1. The molecule has 1 aromatic rings. The first kappa shape index (κ1) is 11.6. The van der Waals surface area contributed by atoms with Crippen molar-refractivity contribution in [1.29, 1.82) is 0 Å². The highest BCUT2D eigenvalue weighted by Crippen LogP contribution is 2.36. The van der Waals surface area contributed by atoms with Crippen LogP contribution in [0.25, 0.3) is 0 Å². The van der Waals surface area contributed by atoms with E-state index in [1.165, 1.54) is 19.2 Å². The topological polar surface area (TPSA) is 26.3 Å². The summed E-state index contributed by atoms with van der Waals surface area (Å²) < 4.78 is 31.2. The van der Waals surface area contributed by atoms with Crippen LogP contribution in [0.2, 0.25) is 0 Å². The SMILES string of the molecule is COc1c(C=O)cc(C)cc1C(C)(F)F. The molecule has 0 amide bonds. The van der Waals surface area contributed by atoms with Gasteiger partial charge in [-0.2, -0.15) is 0 Å². The van der Waals surface area contributed by atoms with Crippen molar-refractivity contribution in [2.45, 2.75) is 19.8 Å². The molecule has 4 heteroatoms. The van der Waals surface area contributed by atoms with Gasteiger partial charge in [-0.15, -0.1) is 0 Å². The lowest BCUT2D eigenvalue weighted by molar-refractivity contribution is 0.0149. The molecule has 15 heavy (non-hydrogen) atoms. The van der Waals surface area contributed by atoms with Crippen LogP contribution in [0.1, 0.15) is 28.4 Å². The summed E-state index contributed by atoms with van der Waals surface area (Å²) in [5.41, 5.74) is 0.496. The molecule has 1 aromatic carbocycles. The molecule has 0 atom stereocenters. The van der Waals surface area contributed by atoms with Crippen LogP contribution in [0.3, 0.4) is 0 Å². The first-order chi connectivity index (χ1) is 6.90. The Morgan fingerprint density at radius 2 is 2.00 bits per heavy atom. The van der Waals surface area contributed by atoms with Gasteiger partial charge < -0.3 is 4.74 Å². The number of hydrogen-bond acceptors (Lipinski definition) is 2. The largest absolute Gasteiger partial charge is 0.495 e. The Balaban J connectivity index is 3.49. The van der Waals surface area contributed by atoms with Crippen LogP contribution < -0.4 is 4.74 Å². The molecule has 0 aliphatic rings. The number of halogens is 2. The average Bonchev–Trinajstić information content (AvgIpc) is 2.15. The maximum Gasteiger partial charge on any atom is 0.274 e. The number of aldehydes is 1. The molecule has 0 saturated heterocycles. The van der Waals surface area contributed by atoms with Gasteiger partial charge in [0.25, 0.3) is 5.92 Å². The Labute approximate surface area is 86.9 Å². The van der Waals surface area contributed by atoms with Gasteiger partial charge in [0.05, 0.1) is 18.2 Å². The van der Waals surface area contributed by atoms with Crippen LogP contribution >= 0.6 is 0 Å². The summed E-state index contributed by atoms with van der Waals surface area (Å²) in [6.45, 7) is 2.43. The van der Waals surface area contributed by atoms with Gasteiger partial charge in [0.15, 0.2) is 6.29 Å². The quantitative estimate of drug-likeness (QED) is 0.723. The van der Waals surface area contributed by atoms with Gasteiger partial charge in [0, 0.05) is 6.92 Å². The minimum atomic E-state index is -3.02. The molecule has 0 aliphatic heterocycles. The maximum absolute atomic E-state index is 13.2. The van der Waals surface area contributed by atoms with Crippen LogP contribution in [-0.4, -0.2) is 13.4 Å². The van der Waals surface area contributed by atoms with E-state index in [1.54, 1.807) is 6.92 Å². The summed E-state index contributed by atoms with van der Waals surface area (Å²) in [6, 6.07) is 2.84. The van der Waals surface area contributed by atoms with Crippen LogP contribution in [0.4, 0.5) is 8.78 Å². The number of alkyl halides is 2. The lowest BCUT2D eigenvalue weighted by Crippen LogP contribution is -2.11. The number of aryl methyl sites for hydroxylation is 1. The summed E-state index contributed by atoms with van der Waals surface area (Å²) in [7, 11) is 1.27. The van der Waals surface area contributed by atoms with Crippen molar-refractivity contribution in [3.8, 4) is 5.75 Å². The van der Waals surface area contributed by atoms with Gasteiger partial charge in [0.2, 0.25) is 0 Å². The first-order valence-electron chi connectivity index (χ1n) is 4.42. The second kappa shape index (κ2) is 3.96. The molecule has 0 N–H and O–H groups in total. The number of hydrogen-bond donors (Lipinski definition) is 0. The second-order valence-electron chi connectivity index (χ2n) is 3.44. The number of carbonyl (C=O) groups is 1. The lowest BCUT2D eigenvalue weighted by Gasteiger charge is -2.17. The van der Waals surface area contributed by atoms with E-state index in [0.29, 0.717) is 11.8 Å². The fraction of sp³-hybridized carbons (Fsp3) is 0.364. The fourth-order valence-corrected chi connectivity index (χ4v) is 1.44. The predicted octanol–water partition coefficient (Wildman–Crippen LogP) is 2.93. The molecule has 0 saturated carbocycles. The minimum absolute atomic E-state index is 0.0527. The molecule has 0 radical (unpaired) electrons. The third-order valence-corrected chi connectivity index (χ3v) is 2.07. The maximum atomic E-state index is 13.2.